The molecule has 0 aromatic carbocycles. The lowest BCUT2D eigenvalue weighted by Crippen LogP contribution is -2.27. The van der Waals surface area contributed by atoms with E-state index < -0.39 is 0 Å². The van der Waals surface area contributed by atoms with Gasteiger partial charge in [0.25, 0.3) is 0 Å². The largest absolute Gasteiger partial charge is 0.367 e. The van der Waals surface area contributed by atoms with E-state index in [1.54, 1.807) is 6.20 Å². The summed E-state index contributed by atoms with van der Waals surface area (Å²) >= 11 is 0. The highest BCUT2D eigenvalue weighted by atomic mass is 15.1. The third-order valence-corrected chi connectivity index (χ3v) is 2.34. The van der Waals surface area contributed by atoms with E-state index in [-0.39, 0.29) is 0 Å². The Morgan fingerprint density at radius 2 is 2.31 bits per heavy atom. The zero-order valence-electron chi connectivity index (χ0n) is 7.75. The molecule has 0 spiro atoms. The lowest BCUT2D eigenvalue weighted by atomic mass is 9.93. The third kappa shape index (κ3) is 1.88. The summed E-state index contributed by atoms with van der Waals surface area (Å²) in [5, 5.41) is 6.28. The second-order valence-electron chi connectivity index (χ2n) is 3.29. The fourth-order valence-corrected chi connectivity index (χ4v) is 1.32. The van der Waals surface area contributed by atoms with Gasteiger partial charge in [-0.05, 0) is 25.3 Å². The highest BCUT2D eigenvalue weighted by molar-refractivity contribution is 5.40. The van der Waals surface area contributed by atoms with Crippen LogP contribution in [0.5, 0.6) is 0 Å². The molecule has 0 bridgehead atoms. The Labute approximate surface area is 77.8 Å². The summed E-state index contributed by atoms with van der Waals surface area (Å²) in [5.41, 5.74) is 0. The molecule has 2 N–H and O–H groups in total. The van der Waals surface area contributed by atoms with Gasteiger partial charge in [-0.1, -0.05) is 0 Å². The van der Waals surface area contributed by atoms with Gasteiger partial charge in [0, 0.05) is 19.3 Å². The predicted octanol–water partition coefficient (Wildman–Crippen LogP) is 1.48. The Bertz CT molecular complexity index is 283. The van der Waals surface area contributed by atoms with E-state index in [4.69, 9.17) is 0 Å². The molecular weight excluding hydrogens is 164 g/mol. The Hall–Kier alpha value is -1.32. The maximum absolute atomic E-state index is 4.28. The zero-order chi connectivity index (χ0) is 9.10. The number of nitrogens with zero attached hydrogens (tertiary/aromatic N) is 2. The first kappa shape index (κ1) is 8.29. The number of rotatable bonds is 3. The van der Waals surface area contributed by atoms with Crippen molar-refractivity contribution in [1.82, 2.24) is 9.97 Å². The van der Waals surface area contributed by atoms with Crippen molar-refractivity contribution in [3.8, 4) is 0 Å². The van der Waals surface area contributed by atoms with E-state index in [0.717, 1.165) is 5.82 Å². The number of anilines is 2. The quantitative estimate of drug-likeness (QED) is 0.736. The van der Waals surface area contributed by atoms with E-state index in [1.165, 1.54) is 19.3 Å². The number of aromatic nitrogens is 2. The molecule has 70 valence electrons. The third-order valence-electron chi connectivity index (χ3n) is 2.34. The van der Waals surface area contributed by atoms with Crippen molar-refractivity contribution in [2.24, 2.45) is 0 Å². The number of hydrogen-bond donors (Lipinski definition) is 2. The molecule has 0 atom stereocenters. The lowest BCUT2D eigenvalue weighted by molar-refractivity contribution is 0.444. The molecule has 4 nitrogen and oxygen atoms in total. The summed E-state index contributed by atoms with van der Waals surface area (Å²) in [6.07, 6.45) is 5.62. The summed E-state index contributed by atoms with van der Waals surface area (Å²) in [4.78, 5) is 8.33. The van der Waals surface area contributed by atoms with Crippen molar-refractivity contribution in [3.63, 3.8) is 0 Å². The fourth-order valence-electron chi connectivity index (χ4n) is 1.32. The fraction of sp³-hybridized carbons (Fsp3) is 0.556. The van der Waals surface area contributed by atoms with Gasteiger partial charge in [0.15, 0.2) is 0 Å². The van der Waals surface area contributed by atoms with Gasteiger partial charge in [0.1, 0.15) is 5.82 Å². The van der Waals surface area contributed by atoms with Crippen LogP contribution in [0.3, 0.4) is 0 Å². The average Bonchev–Trinajstić information content (AvgIpc) is 2.12. The van der Waals surface area contributed by atoms with Gasteiger partial charge < -0.3 is 10.6 Å². The van der Waals surface area contributed by atoms with Gasteiger partial charge in [-0.25, -0.2) is 4.98 Å². The summed E-state index contributed by atoms with van der Waals surface area (Å²) in [6.45, 7) is 0. The van der Waals surface area contributed by atoms with Crippen LogP contribution < -0.4 is 10.6 Å². The van der Waals surface area contributed by atoms with Gasteiger partial charge in [0.05, 0.1) is 0 Å². The van der Waals surface area contributed by atoms with Crippen LogP contribution in [-0.4, -0.2) is 23.1 Å². The first-order chi connectivity index (χ1) is 6.38. The Morgan fingerprint density at radius 3 is 2.92 bits per heavy atom. The molecule has 2 rings (SSSR count). The van der Waals surface area contributed by atoms with Crippen LogP contribution in [0.1, 0.15) is 19.3 Å². The smallest absolute Gasteiger partial charge is 0.224 e. The molecule has 0 amide bonds. The monoisotopic (exact) mass is 178 g/mol. The second kappa shape index (κ2) is 3.60. The summed E-state index contributed by atoms with van der Waals surface area (Å²) in [7, 11) is 1.82. The van der Waals surface area contributed by atoms with Crippen molar-refractivity contribution in [2.45, 2.75) is 25.3 Å². The van der Waals surface area contributed by atoms with Crippen molar-refractivity contribution in [3.05, 3.63) is 12.3 Å². The maximum atomic E-state index is 4.28. The molecular formula is C9H14N4. The maximum Gasteiger partial charge on any atom is 0.224 e. The van der Waals surface area contributed by atoms with E-state index in [0.29, 0.717) is 12.0 Å². The number of nitrogens with one attached hydrogen (secondary N) is 2. The molecule has 1 fully saturated rings. The molecule has 1 aliphatic rings. The highest BCUT2D eigenvalue weighted by Crippen LogP contribution is 2.22. The molecule has 1 heterocycles. The molecule has 1 aliphatic carbocycles. The molecule has 0 aliphatic heterocycles. The van der Waals surface area contributed by atoms with Gasteiger partial charge in [-0.3, -0.25) is 0 Å². The molecule has 13 heavy (non-hydrogen) atoms. The van der Waals surface area contributed by atoms with Crippen LogP contribution in [0.15, 0.2) is 12.3 Å². The Kier molecular flexibility index (Phi) is 2.29. The highest BCUT2D eigenvalue weighted by Gasteiger charge is 2.17. The van der Waals surface area contributed by atoms with Crippen molar-refractivity contribution in [1.29, 1.82) is 0 Å². The second-order valence-corrected chi connectivity index (χ2v) is 3.29. The van der Waals surface area contributed by atoms with Crippen LogP contribution in [0.25, 0.3) is 0 Å². The minimum absolute atomic E-state index is 0.625. The molecule has 0 saturated heterocycles. The molecule has 4 heteroatoms. The van der Waals surface area contributed by atoms with E-state index >= 15 is 0 Å². The van der Waals surface area contributed by atoms with Gasteiger partial charge in [-0.2, -0.15) is 4.98 Å². The van der Waals surface area contributed by atoms with Crippen LogP contribution in [0.2, 0.25) is 0 Å². The molecule has 0 radical (unpaired) electrons. The van der Waals surface area contributed by atoms with Crippen LogP contribution in [0.4, 0.5) is 11.8 Å². The van der Waals surface area contributed by atoms with Crippen LogP contribution in [0, 0.1) is 0 Å². The lowest BCUT2D eigenvalue weighted by Gasteiger charge is -2.26. The Morgan fingerprint density at radius 1 is 1.46 bits per heavy atom. The van der Waals surface area contributed by atoms with Crippen molar-refractivity contribution in [2.75, 3.05) is 17.7 Å². The number of hydrogen-bond acceptors (Lipinski definition) is 4. The standard InChI is InChI=1S/C9H14N4/c1-10-9-11-6-5-8(13-9)12-7-3-2-4-7/h5-7H,2-4H2,1H3,(H2,10,11,12,13). The van der Waals surface area contributed by atoms with E-state index in [1.807, 2.05) is 13.1 Å². The first-order valence-corrected chi connectivity index (χ1v) is 4.66. The molecule has 1 saturated carbocycles. The van der Waals surface area contributed by atoms with Gasteiger partial charge in [0.2, 0.25) is 5.95 Å². The predicted molar refractivity (Wildman–Crippen MR) is 52.8 cm³/mol. The topological polar surface area (TPSA) is 49.8 Å². The van der Waals surface area contributed by atoms with Crippen molar-refractivity contribution < 1.29 is 0 Å². The van der Waals surface area contributed by atoms with Crippen LogP contribution in [-0.2, 0) is 0 Å². The average molecular weight is 178 g/mol. The van der Waals surface area contributed by atoms with Crippen LogP contribution >= 0.6 is 0 Å². The van der Waals surface area contributed by atoms with E-state index in [9.17, 15) is 0 Å². The van der Waals surface area contributed by atoms with Gasteiger partial charge >= 0.3 is 0 Å². The summed E-state index contributed by atoms with van der Waals surface area (Å²) < 4.78 is 0. The SMILES string of the molecule is CNc1nccc(NC2CCC2)n1. The summed E-state index contributed by atoms with van der Waals surface area (Å²) in [6, 6.07) is 2.53. The normalized spacial score (nSPS) is 16.4. The first-order valence-electron chi connectivity index (χ1n) is 4.66. The van der Waals surface area contributed by atoms with Crippen molar-refractivity contribution >= 4 is 11.8 Å². The Balaban J connectivity index is 2.01. The molecule has 1 aromatic rings. The minimum atomic E-state index is 0.625. The van der Waals surface area contributed by atoms with E-state index in [2.05, 4.69) is 20.6 Å². The molecule has 1 aromatic heterocycles. The minimum Gasteiger partial charge on any atom is -0.367 e. The molecule has 0 unspecified atom stereocenters. The summed E-state index contributed by atoms with van der Waals surface area (Å²) in [5.74, 6) is 1.59. The van der Waals surface area contributed by atoms with Gasteiger partial charge in [-0.15, -0.1) is 0 Å². The zero-order valence-corrected chi connectivity index (χ0v) is 7.75.